The number of nitrogens with zero attached hydrogens (tertiary/aromatic N) is 3. The summed E-state index contributed by atoms with van der Waals surface area (Å²) in [6, 6.07) is 18.6. The van der Waals surface area contributed by atoms with E-state index in [9.17, 15) is 0 Å². The van der Waals surface area contributed by atoms with Crippen molar-refractivity contribution >= 4 is 27.5 Å². The lowest BCUT2D eigenvalue weighted by atomic mass is 10.1. The molecule has 0 radical (unpaired) electrons. The van der Waals surface area contributed by atoms with Gasteiger partial charge >= 0.3 is 0 Å². The van der Waals surface area contributed by atoms with Gasteiger partial charge in [-0.05, 0) is 68.2 Å². The van der Waals surface area contributed by atoms with Gasteiger partial charge in [-0.2, -0.15) is 0 Å². The van der Waals surface area contributed by atoms with Crippen LogP contribution in [0.2, 0.25) is 0 Å². The maximum atomic E-state index is 5.56. The van der Waals surface area contributed by atoms with Crippen LogP contribution < -0.4 is 14.8 Å². The zero-order valence-electron chi connectivity index (χ0n) is 22.0. The number of fused-ring (bicyclic) bond motifs is 2. The average molecular weight is 487 g/mol. The second-order valence-corrected chi connectivity index (χ2v) is 9.16. The highest BCUT2D eigenvalue weighted by atomic mass is 16.5. The highest BCUT2D eigenvalue weighted by Crippen LogP contribution is 2.35. The number of ether oxygens (including phenoxy) is 2. The second-order valence-electron chi connectivity index (χ2n) is 9.16. The fourth-order valence-corrected chi connectivity index (χ4v) is 4.68. The van der Waals surface area contributed by atoms with Gasteiger partial charge in [0.25, 0.3) is 0 Å². The lowest BCUT2D eigenvalue weighted by Gasteiger charge is -2.20. The molecule has 3 aromatic carbocycles. The molecule has 4 aromatic rings. The van der Waals surface area contributed by atoms with Crippen LogP contribution in [0.1, 0.15) is 39.5 Å². The van der Waals surface area contributed by atoms with E-state index in [4.69, 9.17) is 19.4 Å². The molecule has 0 amide bonds. The van der Waals surface area contributed by atoms with Gasteiger partial charge in [-0.1, -0.05) is 50.2 Å². The molecule has 6 heteroatoms. The van der Waals surface area contributed by atoms with Crippen LogP contribution >= 0.6 is 0 Å². The van der Waals surface area contributed by atoms with Crippen LogP contribution in [-0.4, -0.2) is 55.3 Å². The minimum atomic E-state index is 0.658. The van der Waals surface area contributed by atoms with E-state index >= 15 is 0 Å². The van der Waals surface area contributed by atoms with E-state index in [1.165, 1.54) is 36.7 Å². The predicted octanol–water partition coefficient (Wildman–Crippen LogP) is 6.78. The fraction of sp³-hybridized carbons (Fsp3) is 0.400. The van der Waals surface area contributed by atoms with Crippen LogP contribution in [0.15, 0.2) is 54.6 Å². The van der Waals surface area contributed by atoms with Gasteiger partial charge in [-0.25, -0.2) is 9.97 Å². The number of benzene rings is 3. The SMILES string of the molecule is CCCN(CCC)CCCCNc1nc(-c2ccc3ccccc3c2)nc2cc(OC)c(OC)cc12. The van der Waals surface area contributed by atoms with Crippen molar-refractivity contribution in [3.05, 3.63) is 54.6 Å². The number of rotatable bonds is 13. The van der Waals surface area contributed by atoms with E-state index in [0.29, 0.717) is 17.3 Å². The molecule has 0 aliphatic carbocycles. The molecule has 36 heavy (non-hydrogen) atoms. The standard InChI is InChI=1S/C30H38N4O2/c1-5-16-34(17-6-2)18-10-9-15-31-30-25-20-27(35-3)28(36-4)21-26(25)32-29(33-30)24-14-13-22-11-7-8-12-23(22)19-24/h7-8,11-14,19-21H,5-6,9-10,15-18H2,1-4H3,(H,31,32,33). The van der Waals surface area contributed by atoms with Crippen molar-refractivity contribution in [1.29, 1.82) is 0 Å². The molecule has 0 saturated heterocycles. The molecule has 1 heterocycles. The molecule has 0 aliphatic rings. The molecule has 0 saturated carbocycles. The Balaban J connectivity index is 1.61. The molecule has 0 unspecified atom stereocenters. The van der Waals surface area contributed by atoms with Crippen molar-refractivity contribution < 1.29 is 9.47 Å². The minimum Gasteiger partial charge on any atom is -0.493 e. The van der Waals surface area contributed by atoms with Gasteiger partial charge in [0.15, 0.2) is 17.3 Å². The van der Waals surface area contributed by atoms with E-state index in [1.54, 1.807) is 14.2 Å². The van der Waals surface area contributed by atoms with Crippen LogP contribution in [0.3, 0.4) is 0 Å². The fourth-order valence-electron chi connectivity index (χ4n) is 4.68. The monoisotopic (exact) mass is 486 g/mol. The average Bonchev–Trinajstić information content (AvgIpc) is 2.91. The smallest absolute Gasteiger partial charge is 0.162 e. The Morgan fingerprint density at radius 3 is 2.22 bits per heavy atom. The van der Waals surface area contributed by atoms with Gasteiger partial charge in [0.2, 0.25) is 0 Å². The van der Waals surface area contributed by atoms with Crippen LogP contribution in [0.5, 0.6) is 11.5 Å². The van der Waals surface area contributed by atoms with Gasteiger partial charge < -0.3 is 19.7 Å². The number of hydrogen-bond acceptors (Lipinski definition) is 6. The highest BCUT2D eigenvalue weighted by Gasteiger charge is 2.14. The Labute approximate surface area is 214 Å². The molecule has 6 nitrogen and oxygen atoms in total. The molecule has 4 rings (SSSR count). The lowest BCUT2D eigenvalue weighted by molar-refractivity contribution is 0.270. The van der Waals surface area contributed by atoms with E-state index in [0.717, 1.165) is 48.2 Å². The van der Waals surface area contributed by atoms with Crippen LogP contribution in [0.25, 0.3) is 33.1 Å². The third kappa shape index (κ3) is 6.05. The lowest BCUT2D eigenvalue weighted by Crippen LogP contribution is -2.26. The van der Waals surface area contributed by atoms with Crippen LogP contribution in [0, 0.1) is 0 Å². The first-order chi connectivity index (χ1) is 17.7. The van der Waals surface area contributed by atoms with Gasteiger partial charge in [-0.3, -0.25) is 0 Å². The summed E-state index contributed by atoms with van der Waals surface area (Å²) in [5.74, 6) is 2.85. The first kappa shape index (κ1) is 25.7. The first-order valence-electron chi connectivity index (χ1n) is 13.1. The summed E-state index contributed by atoms with van der Waals surface area (Å²) in [5.41, 5.74) is 1.81. The maximum absolute atomic E-state index is 5.56. The molecule has 0 atom stereocenters. The summed E-state index contributed by atoms with van der Waals surface area (Å²) in [7, 11) is 3.30. The number of anilines is 1. The Morgan fingerprint density at radius 1 is 0.778 bits per heavy atom. The van der Waals surface area contributed by atoms with Crippen molar-refractivity contribution in [3.8, 4) is 22.9 Å². The third-order valence-electron chi connectivity index (χ3n) is 6.48. The summed E-state index contributed by atoms with van der Waals surface area (Å²) >= 11 is 0. The van der Waals surface area contributed by atoms with E-state index in [2.05, 4.69) is 66.5 Å². The van der Waals surface area contributed by atoms with Crippen molar-refractivity contribution in [1.82, 2.24) is 14.9 Å². The normalized spacial score (nSPS) is 11.4. The number of hydrogen-bond donors (Lipinski definition) is 1. The predicted molar refractivity (Wildman–Crippen MR) is 150 cm³/mol. The molecule has 0 aliphatic heterocycles. The molecular weight excluding hydrogens is 448 g/mol. The first-order valence-corrected chi connectivity index (χ1v) is 13.1. The zero-order chi connectivity index (χ0) is 25.3. The summed E-state index contributed by atoms with van der Waals surface area (Å²) < 4.78 is 11.1. The van der Waals surface area contributed by atoms with Crippen molar-refractivity contribution in [2.24, 2.45) is 0 Å². The Kier molecular flexibility index (Phi) is 8.95. The Bertz CT molecular complexity index is 1280. The quantitative estimate of drug-likeness (QED) is 0.210. The number of nitrogens with one attached hydrogen (secondary N) is 1. The molecule has 0 bridgehead atoms. The molecule has 190 valence electrons. The number of unbranched alkanes of at least 4 members (excludes halogenated alkanes) is 1. The molecular formula is C30H38N4O2. The van der Waals surface area contributed by atoms with E-state index in [-0.39, 0.29) is 0 Å². The Morgan fingerprint density at radius 2 is 1.50 bits per heavy atom. The van der Waals surface area contributed by atoms with Crippen molar-refractivity contribution in [3.63, 3.8) is 0 Å². The van der Waals surface area contributed by atoms with E-state index in [1.807, 2.05) is 12.1 Å². The van der Waals surface area contributed by atoms with E-state index < -0.39 is 0 Å². The number of methoxy groups -OCH3 is 2. The highest BCUT2D eigenvalue weighted by molar-refractivity contribution is 5.94. The molecule has 0 spiro atoms. The Hall–Kier alpha value is -3.38. The maximum Gasteiger partial charge on any atom is 0.162 e. The molecule has 0 fully saturated rings. The molecule has 1 N–H and O–H groups in total. The van der Waals surface area contributed by atoms with Gasteiger partial charge in [-0.15, -0.1) is 0 Å². The third-order valence-corrected chi connectivity index (χ3v) is 6.48. The van der Waals surface area contributed by atoms with Crippen LogP contribution in [-0.2, 0) is 0 Å². The molecule has 1 aromatic heterocycles. The summed E-state index contributed by atoms with van der Waals surface area (Å²) in [6.07, 6.45) is 4.64. The van der Waals surface area contributed by atoms with Crippen molar-refractivity contribution in [2.75, 3.05) is 45.7 Å². The van der Waals surface area contributed by atoms with Gasteiger partial charge in [0.05, 0.1) is 19.7 Å². The van der Waals surface area contributed by atoms with Gasteiger partial charge in [0, 0.05) is 23.6 Å². The number of aromatic nitrogens is 2. The summed E-state index contributed by atoms with van der Waals surface area (Å²) in [4.78, 5) is 12.4. The second kappa shape index (κ2) is 12.5. The van der Waals surface area contributed by atoms with Crippen LogP contribution in [0.4, 0.5) is 5.82 Å². The largest absolute Gasteiger partial charge is 0.493 e. The summed E-state index contributed by atoms with van der Waals surface area (Å²) in [5, 5.41) is 6.89. The minimum absolute atomic E-state index is 0.658. The zero-order valence-corrected chi connectivity index (χ0v) is 22.0. The van der Waals surface area contributed by atoms with Crippen molar-refractivity contribution in [2.45, 2.75) is 39.5 Å². The van der Waals surface area contributed by atoms with Gasteiger partial charge in [0.1, 0.15) is 5.82 Å². The summed E-state index contributed by atoms with van der Waals surface area (Å²) in [6.45, 7) is 8.84. The topological polar surface area (TPSA) is 59.5 Å².